The maximum absolute atomic E-state index is 11.6. The van der Waals surface area contributed by atoms with E-state index in [1.54, 1.807) is 4.90 Å². The minimum absolute atomic E-state index is 0.0433. The highest BCUT2D eigenvalue weighted by Crippen LogP contribution is 2.38. The Morgan fingerprint density at radius 2 is 1.64 bits per heavy atom. The second-order valence-electron chi connectivity index (χ2n) is 7.82. The summed E-state index contributed by atoms with van der Waals surface area (Å²) in [4.78, 5) is 13.3. The van der Waals surface area contributed by atoms with Gasteiger partial charge in [0.15, 0.2) is 6.29 Å². The Morgan fingerprint density at radius 1 is 1.09 bits per heavy atom. The summed E-state index contributed by atoms with van der Waals surface area (Å²) in [6.45, 7) is 12.7. The van der Waals surface area contributed by atoms with Gasteiger partial charge < -0.3 is 9.64 Å². The number of rotatable bonds is 2. The molecular weight excluding hydrogens is 294 g/mol. The molecule has 0 saturated carbocycles. The summed E-state index contributed by atoms with van der Waals surface area (Å²) in [6, 6.07) is 4.02. The lowest BCUT2D eigenvalue weighted by Gasteiger charge is -2.29. The van der Waals surface area contributed by atoms with E-state index >= 15 is 0 Å². The van der Waals surface area contributed by atoms with Gasteiger partial charge in [0.25, 0.3) is 5.17 Å². The van der Waals surface area contributed by atoms with E-state index in [-0.39, 0.29) is 10.8 Å². The molecule has 1 rings (SSSR count). The Labute approximate surface area is 139 Å². The molecule has 0 heterocycles. The molecule has 0 amide bonds. The van der Waals surface area contributed by atoms with Crippen molar-refractivity contribution in [2.45, 2.75) is 52.4 Å². The van der Waals surface area contributed by atoms with Gasteiger partial charge in [-0.15, -0.1) is 0 Å². The molecule has 0 aliphatic carbocycles. The fraction of sp³-hybridized carbons (Fsp3) is 0.556. The Balaban J connectivity index is 3.59. The van der Waals surface area contributed by atoms with Gasteiger partial charge in [0.1, 0.15) is 5.75 Å². The lowest BCUT2D eigenvalue weighted by molar-refractivity contribution is 0.112. The number of carbonyl (C=O) groups excluding carboxylic acids is 1. The van der Waals surface area contributed by atoms with Crippen LogP contribution in [-0.4, -0.2) is 30.5 Å². The fourth-order valence-electron chi connectivity index (χ4n) is 2.02. The topological polar surface area (TPSA) is 29.5 Å². The summed E-state index contributed by atoms with van der Waals surface area (Å²) in [5, 5.41) is 0.345. The largest absolute Gasteiger partial charge is 0.431 e. The second kappa shape index (κ2) is 6.37. The zero-order valence-electron chi connectivity index (χ0n) is 14.9. The van der Waals surface area contributed by atoms with E-state index in [2.05, 4.69) is 47.6 Å². The third kappa shape index (κ3) is 4.29. The van der Waals surface area contributed by atoms with Crippen LogP contribution in [0.3, 0.4) is 0 Å². The van der Waals surface area contributed by atoms with Crippen molar-refractivity contribution < 1.29 is 9.53 Å². The number of aldehydes is 1. The van der Waals surface area contributed by atoms with Crippen LogP contribution in [0.2, 0.25) is 0 Å². The van der Waals surface area contributed by atoms with Crippen LogP contribution in [0.15, 0.2) is 12.1 Å². The highest BCUT2D eigenvalue weighted by Gasteiger charge is 2.26. The van der Waals surface area contributed by atoms with Crippen LogP contribution in [0.1, 0.15) is 63.0 Å². The molecular formula is C18H27NO2S. The SMILES string of the molecule is CN(C)C(=S)Oc1c(C=O)cc(C(C)(C)C)cc1C(C)(C)C. The van der Waals surface area contributed by atoms with Crippen molar-refractivity contribution in [3.8, 4) is 5.75 Å². The predicted octanol–water partition coefficient (Wildman–Crippen LogP) is 4.32. The van der Waals surface area contributed by atoms with Crippen LogP contribution in [0.5, 0.6) is 5.75 Å². The third-order valence-electron chi connectivity index (χ3n) is 3.47. The van der Waals surface area contributed by atoms with E-state index in [4.69, 9.17) is 17.0 Å². The fourth-order valence-corrected chi connectivity index (χ4v) is 2.10. The standard InChI is InChI=1S/C18H27NO2S/c1-17(2,3)13-9-12(11-20)15(21-16(22)19(7)8)14(10-13)18(4,5)6/h9-11H,1-8H3. The van der Waals surface area contributed by atoms with Gasteiger partial charge in [0.2, 0.25) is 0 Å². The molecule has 0 aliphatic rings. The first kappa shape index (κ1) is 18.6. The molecule has 4 heteroatoms. The van der Waals surface area contributed by atoms with Crippen molar-refractivity contribution in [2.75, 3.05) is 14.1 Å². The minimum Gasteiger partial charge on any atom is -0.431 e. The summed E-state index contributed by atoms with van der Waals surface area (Å²) in [5.74, 6) is 0.564. The van der Waals surface area contributed by atoms with Crippen molar-refractivity contribution in [1.29, 1.82) is 0 Å². The Kier molecular flexibility index (Phi) is 5.39. The highest BCUT2D eigenvalue weighted by atomic mass is 32.1. The third-order valence-corrected chi connectivity index (χ3v) is 3.92. The van der Waals surface area contributed by atoms with E-state index in [1.807, 2.05) is 20.2 Å². The van der Waals surface area contributed by atoms with Gasteiger partial charge in [-0.3, -0.25) is 4.79 Å². The van der Waals surface area contributed by atoms with Gasteiger partial charge in [0.05, 0.1) is 5.56 Å². The van der Waals surface area contributed by atoms with Crippen molar-refractivity contribution in [1.82, 2.24) is 4.90 Å². The van der Waals surface area contributed by atoms with Gasteiger partial charge in [-0.05, 0) is 34.7 Å². The molecule has 0 spiro atoms. The number of benzene rings is 1. The maximum atomic E-state index is 11.6. The number of thiocarbonyl (C=S) groups is 1. The van der Waals surface area contributed by atoms with E-state index in [9.17, 15) is 4.79 Å². The number of carbonyl (C=O) groups is 1. The number of hydrogen-bond acceptors (Lipinski definition) is 3. The van der Waals surface area contributed by atoms with Gasteiger partial charge in [-0.25, -0.2) is 0 Å². The molecule has 122 valence electrons. The summed E-state index contributed by atoms with van der Waals surface area (Å²) in [6.07, 6.45) is 0.845. The van der Waals surface area contributed by atoms with Gasteiger partial charge in [-0.1, -0.05) is 47.6 Å². The molecule has 0 unspecified atom stereocenters. The van der Waals surface area contributed by atoms with Gasteiger partial charge in [-0.2, -0.15) is 0 Å². The summed E-state index contributed by atoms with van der Waals surface area (Å²) < 4.78 is 5.85. The molecule has 0 atom stereocenters. The molecule has 22 heavy (non-hydrogen) atoms. The van der Waals surface area contributed by atoms with Crippen LogP contribution in [-0.2, 0) is 10.8 Å². The quantitative estimate of drug-likeness (QED) is 0.599. The number of ether oxygens (including phenoxy) is 1. The zero-order chi connectivity index (χ0) is 17.3. The van der Waals surface area contributed by atoms with Crippen molar-refractivity contribution >= 4 is 23.7 Å². The lowest BCUT2D eigenvalue weighted by atomic mass is 9.79. The molecule has 3 nitrogen and oxygen atoms in total. The molecule has 0 fully saturated rings. The van der Waals surface area contributed by atoms with E-state index < -0.39 is 0 Å². The zero-order valence-corrected chi connectivity index (χ0v) is 15.7. The highest BCUT2D eigenvalue weighted by molar-refractivity contribution is 7.80. The predicted molar refractivity (Wildman–Crippen MR) is 96.1 cm³/mol. The Bertz CT molecular complexity index is 578. The molecule has 1 aromatic rings. The molecule has 0 saturated heterocycles. The van der Waals surface area contributed by atoms with Crippen molar-refractivity contribution in [3.63, 3.8) is 0 Å². The van der Waals surface area contributed by atoms with E-state index in [1.165, 1.54) is 0 Å². The van der Waals surface area contributed by atoms with Crippen LogP contribution in [0, 0.1) is 0 Å². The average Bonchev–Trinajstić information content (AvgIpc) is 2.35. The van der Waals surface area contributed by atoms with E-state index in [0.29, 0.717) is 16.5 Å². The smallest absolute Gasteiger partial charge is 0.264 e. The Morgan fingerprint density at radius 3 is 2.00 bits per heavy atom. The number of hydrogen-bond donors (Lipinski definition) is 0. The van der Waals surface area contributed by atoms with Crippen molar-refractivity contribution in [3.05, 3.63) is 28.8 Å². The summed E-state index contributed by atoms with van der Waals surface area (Å²) in [7, 11) is 3.65. The first-order valence-corrected chi connectivity index (χ1v) is 7.82. The van der Waals surface area contributed by atoms with E-state index in [0.717, 1.165) is 17.4 Å². The van der Waals surface area contributed by atoms with Gasteiger partial charge >= 0.3 is 0 Å². The maximum Gasteiger partial charge on any atom is 0.264 e. The van der Waals surface area contributed by atoms with Crippen LogP contribution in [0.25, 0.3) is 0 Å². The van der Waals surface area contributed by atoms with Crippen LogP contribution >= 0.6 is 12.2 Å². The molecule has 0 aliphatic heterocycles. The first-order chi connectivity index (χ1) is 9.87. The molecule has 0 radical (unpaired) electrons. The normalized spacial score (nSPS) is 12.0. The second-order valence-corrected chi connectivity index (χ2v) is 8.17. The minimum atomic E-state index is -0.156. The van der Waals surface area contributed by atoms with Crippen molar-refractivity contribution in [2.24, 2.45) is 0 Å². The molecule has 1 aromatic carbocycles. The molecule has 0 bridgehead atoms. The summed E-state index contributed by atoms with van der Waals surface area (Å²) in [5.41, 5.74) is 2.45. The molecule has 0 aromatic heterocycles. The first-order valence-electron chi connectivity index (χ1n) is 7.41. The monoisotopic (exact) mass is 321 g/mol. The van der Waals surface area contributed by atoms with Gasteiger partial charge in [0, 0.05) is 19.7 Å². The van der Waals surface area contributed by atoms with Crippen LogP contribution in [0.4, 0.5) is 0 Å². The average molecular weight is 321 g/mol. The Hall–Kier alpha value is -1.42. The summed E-state index contributed by atoms with van der Waals surface area (Å²) >= 11 is 5.24. The van der Waals surface area contributed by atoms with Crippen LogP contribution < -0.4 is 4.74 Å². The molecule has 0 N–H and O–H groups in total. The lowest BCUT2D eigenvalue weighted by Crippen LogP contribution is -2.27. The number of nitrogens with zero attached hydrogens (tertiary/aromatic N) is 1.